The van der Waals surface area contributed by atoms with Crippen molar-refractivity contribution in [3.63, 3.8) is 0 Å². The van der Waals surface area contributed by atoms with Gasteiger partial charge in [-0.15, -0.1) is 0 Å². The number of nitrogens with zero attached hydrogens (tertiary/aromatic N) is 1. The lowest BCUT2D eigenvalue weighted by Gasteiger charge is -2.19. The minimum atomic E-state index is -4.65. The summed E-state index contributed by atoms with van der Waals surface area (Å²) >= 11 is 0. The van der Waals surface area contributed by atoms with E-state index in [-0.39, 0.29) is 18.7 Å². The number of pyridine rings is 1. The van der Waals surface area contributed by atoms with Gasteiger partial charge in [0.05, 0.1) is 18.3 Å². The van der Waals surface area contributed by atoms with Crippen molar-refractivity contribution >= 4 is 13.7 Å². The first-order valence-corrected chi connectivity index (χ1v) is 17.1. The zero-order valence-electron chi connectivity index (χ0n) is 26.0. The molecule has 1 aromatic heterocycles. The summed E-state index contributed by atoms with van der Waals surface area (Å²) in [6, 6.07) is 12.5. The summed E-state index contributed by atoms with van der Waals surface area (Å²) in [6.45, 7) is 2.32. The number of unbranched alkanes of at least 4 members (excludes halogenated alkanes) is 11. The van der Waals surface area contributed by atoms with Gasteiger partial charge in [0, 0.05) is 12.6 Å². The maximum atomic E-state index is 12.6. The van der Waals surface area contributed by atoms with Crippen molar-refractivity contribution in [2.45, 2.75) is 116 Å². The van der Waals surface area contributed by atoms with Crippen molar-refractivity contribution in [2.24, 2.45) is 0 Å². The molecule has 0 aliphatic carbocycles. The lowest BCUT2D eigenvalue weighted by atomic mass is 10.1. The number of amides is 1. The van der Waals surface area contributed by atoms with E-state index in [9.17, 15) is 9.36 Å². The third-order valence-corrected chi connectivity index (χ3v) is 7.48. The van der Waals surface area contributed by atoms with Crippen molar-refractivity contribution in [3.8, 4) is 5.75 Å². The van der Waals surface area contributed by atoms with Crippen LogP contribution in [0.2, 0.25) is 0 Å². The number of rotatable bonds is 24. The molecular formula is C33H54N3O6P. The quantitative estimate of drug-likeness (QED) is 0.0524. The summed E-state index contributed by atoms with van der Waals surface area (Å²) in [7, 11) is -4.65. The van der Waals surface area contributed by atoms with Gasteiger partial charge in [-0.1, -0.05) is 88.6 Å². The first-order chi connectivity index (χ1) is 20.4. The average Bonchev–Trinajstić information content (AvgIpc) is 2.97. The molecule has 0 spiro atoms. The number of ether oxygens (including phenoxy) is 1. The Balaban J connectivity index is 0.00000924. The van der Waals surface area contributed by atoms with E-state index >= 15 is 0 Å². The summed E-state index contributed by atoms with van der Waals surface area (Å²) in [5.41, 5.74) is 1.71. The Morgan fingerprint density at radius 3 is 2.14 bits per heavy atom. The molecule has 43 heavy (non-hydrogen) atoms. The fourth-order valence-corrected chi connectivity index (χ4v) is 5.02. The van der Waals surface area contributed by atoms with Crippen LogP contribution in [0.4, 0.5) is 0 Å². The highest BCUT2D eigenvalue weighted by molar-refractivity contribution is 7.46. The lowest BCUT2D eigenvalue weighted by molar-refractivity contribution is -0.122. The van der Waals surface area contributed by atoms with E-state index in [0.29, 0.717) is 25.2 Å². The third-order valence-electron chi connectivity index (χ3n) is 6.99. The summed E-state index contributed by atoms with van der Waals surface area (Å²) in [4.78, 5) is 35.1. The van der Waals surface area contributed by atoms with Gasteiger partial charge in [0.25, 0.3) is 0 Å². The molecule has 0 aliphatic heterocycles. The number of carbonyl (C=O) groups is 1. The summed E-state index contributed by atoms with van der Waals surface area (Å²) in [5, 5.41) is 2.89. The fraction of sp³-hybridized carbons (Fsp3) is 0.576. The summed E-state index contributed by atoms with van der Waals surface area (Å²) in [6.07, 6.45) is 22.6. The van der Waals surface area contributed by atoms with Gasteiger partial charge in [-0.05, 0) is 68.4 Å². The fourth-order valence-electron chi connectivity index (χ4n) is 4.64. The molecule has 0 saturated carbocycles. The Hall–Kier alpha value is -2.55. The Morgan fingerprint density at radius 2 is 1.53 bits per heavy atom. The van der Waals surface area contributed by atoms with Gasteiger partial charge in [0.2, 0.25) is 5.91 Å². The van der Waals surface area contributed by atoms with E-state index in [4.69, 9.17) is 19.0 Å². The highest BCUT2D eigenvalue weighted by Gasteiger charge is 2.20. The normalized spacial score (nSPS) is 12.2. The third kappa shape index (κ3) is 20.9. The Bertz CT molecular complexity index is 1050. The zero-order chi connectivity index (χ0) is 30.3. The van der Waals surface area contributed by atoms with Crippen LogP contribution in [0.3, 0.4) is 0 Å². The smallest absolute Gasteiger partial charge is 0.469 e. The molecule has 1 atom stereocenters. The van der Waals surface area contributed by atoms with E-state index < -0.39 is 13.9 Å². The van der Waals surface area contributed by atoms with E-state index in [2.05, 4.69) is 29.4 Å². The van der Waals surface area contributed by atoms with Crippen molar-refractivity contribution in [3.05, 3.63) is 72.1 Å². The molecule has 10 heteroatoms. The monoisotopic (exact) mass is 619 g/mol. The Labute approximate surface area is 258 Å². The number of hydrogen-bond donors (Lipinski definition) is 4. The largest absolute Gasteiger partial charge is 0.487 e. The topological polar surface area (TPSA) is 153 Å². The van der Waals surface area contributed by atoms with Crippen molar-refractivity contribution in [1.29, 1.82) is 0 Å². The van der Waals surface area contributed by atoms with Gasteiger partial charge in [-0.25, -0.2) is 4.57 Å². The van der Waals surface area contributed by atoms with Crippen LogP contribution >= 0.6 is 7.82 Å². The zero-order valence-corrected chi connectivity index (χ0v) is 26.9. The van der Waals surface area contributed by atoms with E-state index in [1.807, 2.05) is 42.5 Å². The van der Waals surface area contributed by atoms with Gasteiger partial charge in [0.15, 0.2) is 0 Å². The second kappa shape index (κ2) is 23.9. The van der Waals surface area contributed by atoms with E-state index in [0.717, 1.165) is 43.4 Å². The van der Waals surface area contributed by atoms with Gasteiger partial charge in [-0.2, -0.15) is 0 Å². The molecule has 0 aliphatic rings. The van der Waals surface area contributed by atoms with Gasteiger partial charge < -0.3 is 26.0 Å². The molecular weight excluding hydrogens is 565 g/mol. The number of phosphoric ester groups is 1. The minimum Gasteiger partial charge on any atom is -0.487 e. The van der Waals surface area contributed by atoms with Crippen LogP contribution in [0.25, 0.3) is 0 Å². The molecule has 242 valence electrons. The number of allylic oxidation sites excluding steroid dienone is 2. The molecule has 2 rings (SSSR count). The molecule has 0 bridgehead atoms. The van der Waals surface area contributed by atoms with Gasteiger partial charge >= 0.3 is 7.82 Å². The Morgan fingerprint density at radius 1 is 0.907 bits per heavy atom. The molecule has 9 nitrogen and oxygen atoms in total. The molecule has 1 heterocycles. The summed E-state index contributed by atoms with van der Waals surface area (Å²) in [5.74, 6) is 0.544. The standard InChI is InChI=1S/C33H51N2O6P.H3N/c1-2-3-4-5-6-7-8-9-10-11-12-13-14-15-16-20-33(36)35-31(28-41-42(37,38)39)26-29-21-23-32(24-22-29)40-27-30-19-17-18-25-34-30;/h9-10,17-19,21-25,31H,2-8,11-16,20,26-28H2,1H3,(H,35,36)(H2,37,38,39);1H3/b10-9-;/t31-;/m1./s1. The average molecular weight is 620 g/mol. The van der Waals surface area contributed by atoms with Crippen LogP contribution in [0.15, 0.2) is 60.8 Å². The van der Waals surface area contributed by atoms with Gasteiger partial charge in [-0.3, -0.25) is 14.3 Å². The maximum absolute atomic E-state index is 12.6. The summed E-state index contributed by atoms with van der Waals surface area (Å²) < 4.78 is 21.8. The number of benzene rings is 1. The maximum Gasteiger partial charge on any atom is 0.469 e. The molecule has 6 N–H and O–H groups in total. The number of carbonyl (C=O) groups excluding carboxylic acids is 1. The minimum absolute atomic E-state index is 0. The van der Waals surface area contributed by atoms with Crippen LogP contribution in [0.1, 0.15) is 108 Å². The first kappa shape index (κ1) is 38.5. The molecule has 0 saturated heterocycles. The number of aromatic nitrogens is 1. The molecule has 0 fully saturated rings. The van der Waals surface area contributed by atoms with Crippen LogP contribution < -0.4 is 16.2 Å². The second-order valence-electron chi connectivity index (χ2n) is 10.8. The number of phosphoric acid groups is 1. The van der Waals surface area contributed by atoms with E-state index in [1.54, 1.807) is 6.20 Å². The predicted octanol–water partition coefficient (Wildman–Crippen LogP) is 8.00. The molecule has 1 aromatic carbocycles. The molecule has 0 unspecified atom stereocenters. The second-order valence-corrected chi connectivity index (χ2v) is 12.1. The van der Waals surface area contributed by atoms with Crippen LogP contribution in [-0.2, 0) is 26.9 Å². The highest BCUT2D eigenvalue weighted by Crippen LogP contribution is 2.35. The first-order valence-electron chi connectivity index (χ1n) is 15.6. The highest BCUT2D eigenvalue weighted by atomic mass is 31.2. The predicted molar refractivity (Wildman–Crippen MR) is 173 cm³/mol. The number of nitrogens with one attached hydrogen (secondary N) is 1. The lowest BCUT2D eigenvalue weighted by Crippen LogP contribution is -2.39. The van der Waals surface area contributed by atoms with Crippen molar-refractivity contribution < 1.29 is 28.4 Å². The van der Waals surface area contributed by atoms with Crippen LogP contribution in [0, 0.1) is 0 Å². The molecule has 2 aromatic rings. The van der Waals surface area contributed by atoms with E-state index in [1.165, 1.54) is 51.4 Å². The molecule has 0 radical (unpaired) electrons. The van der Waals surface area contributed by atoms with Crippen molar-refractivity contribution in [2.75, 3.05) is 6.61 Å². The SMILES string of the molecule is CCCCCCCC/C=C\CCCCCCCC(=O)N[C@@H](COP(=O)(O)O)Cc1ccc(OCc2ccccn2)cc1.N. The van der Waals surface area contributed by atoms with Crippen LogP contribution in [-0.4, -0.2) is 33.3 Å². The molecule has 1 amide bonds. The van der Waals surface area contributed by atoms with Gasteiger partial charge in [0.1, 0.15) is 12.4 Å². The Kier molecular flexibility index (Phi) is 21.3. The van der Waals surface area contributed by atoms with Crippen molar-refractivity contribution in [1.82, 2.24) is 16.5 Å². The number of hydrogen-bond acceptors (Lipinski definition) is 6. The van der Waals surface area contributed by atoms with Crippen LogP contribution in [0.5, 0.6) is 5.75 Å².